The molecule has 10 N–H and O–H groups in total. The molecule has 1 aromatic heterocycles. The van der Waals surface area contributed by atoms with Crippen LogP contribution in [0.4, 0.5) is 0 Å². The molecule has 1 spiro atoms. The Morgan fingerprint density at radius 3 is 2.48 bits per heavy atom. The zero-order chi connectivity index (χ0) is 58.9. The normalized spacial score (nSPS) is 33.6. The fraction of sp³-hybridized carbons (Fsp3) is 0.457. The Hall–Kier alpha value is -5.12. The lowest BCUT2D eigenvalue weighted by atomic mass is 9.52. The summed E-state index contributed by atoms with van der Waals surface area (Å²) in [5, 5.41) is 60.6. The van der Waals surface area contributed by atoms with Crippen molar-refractivity contribution in [2.24, 2.45) is 51.4 Å². The van der Waals surface area contributed by atoms with Gasteiger partial charge in [0.25, 0.3) is 0 Å². The molecule has 8 aliphatic rings. The van der Waals surface area contributed by atoms with Gasteiger partial charge in [-0.25, -0.2) is 0 Å². The number of aromatic hydroxyl groups is 2. The molecular formula is C70H77N3O8S4. The number of carbonyl (C=O) groups is 2. The van der Waals surface area contributed by atoms with Crippen molar-refractivity contribution >= 4 is 54.7 Å². The topological polar surface area (TPSA) is 212 Å². The number of phenolic OH excluding ortho intramolecular Hbond substituents is 2. The van der Waals surface area contributed by atoms with Gasteiger partial charge >= 0.3 is 0 Å². The number of hydrogen-bond donors (Lipinski definition) is 8. The molecule has 15 heteroatoms. The lowest BCUT2D eigenvalue weighted by molar-refractivity contribution is -0.114. The Morgan fingerprint density at radius 1 is 0.800 bits per heavy atom. The number of Topliss-reactive ketones (excluding diaryl/α,β-unsaturated/α-hetero) is 1. The summed E-state index contributed by atoms with van der Waals surface area (Å²) in [4.78, 5) is 32.2. The number of fused-ring (bicyclic) bond motifs is 14. The van der Waals surface area contributed by atoms with Gasteiger partial charge < -0.3 is 46.7 Å². The quantitative estimate of drug-likeness (QED) is 0.0358. The first-order valence-corrected chi connectivity index (χ1v) is 35.3. The van der Waals surface area contributed by atoms with E-state index in [0.717, 1.165) is 64.9 Å². The van der Waals surface area contributed by atoms with Crippen LogP contribution in [0.15, 0.2) is 122 Å². The first-order valence-electron chi connectivity index (χ1n) is 30.4. The highest BCUT2D eigenvalue weighted by atomic mass is 33.1. The van der Waals surface area contributed by atoms with Crippen LogP contribution in [0.5, 0.6) is 17.2 Å². The second-order valence-corrected chi connectivity index (χ2v) is 31.3. The Kier molecular flexibility index (Phi) is 16.2. The molecule has 11 nitrogen and oxygen atoms in total. The predicted molar refractivity (Wildman–Crippen MR) is 343 cm³/mol. The van der Waals surface area contributed by atoms with Crippen LogP contribution in [-0.4, -0.2) is 83.3 Å². The van der Waals surface area contributed by atoms with Crippen LogP contribution in [0.1, 0.15) is 149 Å². The molecule has 0 amide bonds. The third-order valence-electron chi connectivity index (χ3n) is 21.1. The molecule has 5 aromatic rings. The number of nitrogens with two attached hydrogens (primary N) is 2. The highest BCUT2D eigenvalue weighted by molar-refractivity contribution is 8.77. The summed E-state index contributed by atoms with van der Waals surface area (Å²) in [7, 11) is 7.00. The van der Waals surface area contributed by atoms with E-state index in [1.54, 1.807) is 68.9 Å². The van der Waals surface area contributed by atoms with Crippen LogP contribution < -0.4 is 16.2 Å². The number of phenols is 2. The number of carbonyl (C=O) groups excluding carboxylic acids is 2. The maximum atomic E-state index is 14.5. The largest absolute Gasteiger partial charge is 0.508 e. The Balaban J connectivity index is 0.909. The summed E-state index contributed by atoms with van der Waals surface area (Å²) in [6.45, 7) is 2.28. The van der Waals surface area contributed by atoms with E-state index in [1.165, 1.54) is 11.1 Å². The molecule has 12 atom stereocenters. The van der Waals surface area contributed by atoms with Gasteiger partial charge in [-0.05, 0) is 180 Å². The molecule has 3 heterocycles. The van der Waals surface area contributed by atoms with Crippen molar-refractivity contribution in [3.63, 3.8) is 0 Å². The van der Waals surface area contributed by atoms with Crippen LogP contribution in [0, 0.1) is 51.8 Å². The average molecular weight is 1220 g/mol. The van der Waals surface area contributed by atoms with Crippen molar-refractivity contribution in [2.45, 2.75) is 131 Å². The Labute approximate surface area is 514 Å². The molecule has 0 radical (unpaired) electrons. The molecule has 13 rings (SSSR count). The van der Waals surface area contributed by atoms with Crippen LogP contribution in [0.3, 0.4) is 0 Å². The van der Waals surface area contributed by atoms with E-state index in [9.17, 15) is 35.1 Å². The van der Waals surface area contributed by atoms with Crippen molar-refractivity contribution < 1.29 is 39.9 Å². The van der Waals surface area contributed by atoms with Gasteiger partial charge in [0, 0.05) is 76.9 Å². The number of rotatable bonds is 2. The molecule has 2 saturated carbocycles. The minimum atomic E-state index is -1.17. The molecule has 85 heavy (non-hydrogen) atoms. The lowest BCUT2D eigenvalue weighted by Crippen LogP contribution is -2.49. The fourth-order valence-electron chi connectivity index (χ4n) is 17.0. The van der Waals surface area contributed by atoms with Gasteiger partial charge in [0.2, 0.25) is 0 Å². The summed E-state index contributed by atoms with van der Waals surface area (Å²) in [6, 6.07) is 25.3. The van der Waals surface area contributed by atoms with Crippen LogP contribution in [0.25, 0.3) is 0 Å². The van der Waals surface area contributed by atoms with Gasteiger partial charge in [-0.3, -0.25) is 9.59 Å². The summed E-state index contributed by atoms with van der Waals surface area (Å²) in [5.74, 6) is 8.19. The number of aliphatic hydroxyl groups is 3. The fourth-order valence-corrected chi connectivity index (χ4v) is 22.8. The summed E-state index contributed by atoms with van der Waals surface area (Å²) < 4.78 is 6.29. The zero-order valence-corrected chi connectivity index (χ0v) is 51.4. The van der Waals surface area contributed by atoms with E-state index in [0.29, 0.717) is 78.9 Å². The van der Waals surface area contributed by atoms with E-state index in [1.807, 2.05) is 42.0 Å². The van der Waals surface area contributed by atoms with E-state index < -0.39 is 34.1 Å². The van der Waals surface area contributed by atoms with Crippen molar-refractivity contribution in [3.8, 4) is 29.1 Å². The molecule has 12 unspecified atom stereocenters. The second-order valence-electron chi connectivity index (χ2n) is 26.2. The smallest absolute Gasteiger partial charge is 0.165 e. The number of allylic oxidation sites excluding steroid dienone is 5. The third kappa shape index (κ3) is 11.0. The van der Waals surface area contributed by atoms with Crippen molar-refractivity contribution in [3.05, 3.63) is 183 Å². The summed E-state index contributed by atoms with van der Waals surface area (Å²) >= 11 is 0. The maximum Gasteiger partial charge on any atom is 0.165 e. The van der Waals surface area contributed by atoms with Gasteiger partial charge in [-0.1, -0.05) is 134 Å². The van der Waals surface area contributed by atoms with E-state index >= 15 is 0 Å². The number of ketones is 2. The number of aromatic amines is 1. The molecular weight excluding hydrogens is 1140 g/mol. The van der Waals surface area contributed by atoms with E-state index in [4.69, 9.17) is 16.2 Å². The number of aryl methyl sites for hydroxylation is 1. The maximum absolute atomic E-state index is 14.5. The van der Waals surface area contributed by atoms with Gasteiger partial charge in [-0.2, -0.15) is 0 Å². The van der Waals surface area contributed by atoms with Crippen LogP contribution in [-0.2, 0) is 36.2 Å². The second kappa shape index (κ2) is 23.4. The van der Waals surface area contributed by atoms with Gasteiger partial charge in [-0.15, -0.1) is 0 Å². The average Bonchev–Trinajstić information content (AvgIpc) is 1.66. The molecule has 0 saturated heterocycles. The molecule has 4 aromatic carbocycles. The Morgan fingerprint density at radius 2 is 1.64 bits per heavy atom. The van der Waals surface area contributed by atoms with Crippen molar-refractivity contribution in [1.82, 2.24) is 4.98 Å². The number of aromatic nitrogens is 1. The van der Waals surface area contributed by atoms with Crippen molar-refractivity contribution in [2.75, 3.05) is 24.7 Å². The van der Waals surface area contributed by atoms with E-state index in [2.05, 4.69) is 77.5 Å². The molecule has 444 valence electrons. The van der Waals surface area contributed by atoms with Gasteiger partial charge in [0.15, 0.2) is 23.1 Å². The molecule has 6 aliphatic carbocycles. The predicted octanol–water partition coefficient (Wildman–Crippen LogP) is 12.1. The molecule has 15 bridgehead atoms. The SMILES string of the molecule is CC1(O)CCCC23C=CC4(CC5C=CC(SSCC2C(CO)c2ccccc2CC43)C2(O)CC53C=CC(=O)CCc4ccc(O)c(c4)OCCc4ccc(O)c(c4)C4CC(=O)c5cc[nH]c5CC#Cc5cc(C(N)N)c(cc54)CSSCC2C3)C1. The number of H-pyrrole nitrogens is 1. The molecule has 2 fully saturated rings. The summed E-state index contributed by atoms with van der Waals surface area (Å²) in [5.41, 5.74) is 19.1. The number of ether oxygens (including phenoxy) is 1. The standard InChI is InChI=1S/C70H77N3O8S4/c1-66(79)21-5-22-69-25-24-68(40-66)34-47-13-17-64(85-84-39-57(69)56(36-74)50-8-3-2-6-45(50)32-63(68)69)70(80)41-67(47)23-18-49(75)14-10-42-12-16-60(77)62(29-42)81-27-20-43-11-15-59(76)55(28-43)54-33-61(78)51-19-26-73-58(51)9-4-7-44-30-53(65(71)72)46(31-52(44)54)37-82-83-38-48(70)35-67/h2-3,6,8,11-13,15-19,23-26,28-31,47-48,54,56-57,63-65,73-74,76-77,79-80H,5,9-10,14,20-22,27,32-41,71-72H2,1H3. The minimum absolute atomic E-state index is 0.0132. The summed E-state index contributed by atoms with van der Waals surface area (Å²) in [6.07, 6.45) is 21.9. The zero-order valence-electron chi connectivity index (χ0n) is 48.1. The monoisotopic (exact) mass is 1220 g/mol. The first kappa shape index (κ1) is 58.9. The highest BCUT2D eigenvalue weighted by Gasteiger charge is 2.65. The first-order chi connectivity index (χ1) is 41.0. The number of aliphatic hydroxyl groups excluding tert-OH is 1. The minimum Gasteiger partial charge on any atom is -0.508 e. The highest BCUT2D eigenvalue weighted by Crippen LogP contribution is 2.70. The van der Waals surface area contributed by atoms with Crippen LogP contribution >= 0.6 is 43.2 Å². The van der Waals surface area contributed by atoms with Crippen molar-refractivity contribution in [1.29, 1.82) is 0 Å². The lowest BCUT2D eigenvalue weighted by Gasteiger charge is -2.53. The Bertz CT molecular complexity index is 3580. The number of benzene rings is 4. The number of hydrogen-bond acceptors (Lipinski definition) is 14. The van der Waals surface area contributed by atoms with Crippen LogP contribution in [0.2, 0.25) is 0 Å². The molecule has 2 aliphatic heterocycles. The van der Waals surface area contributed by atoms with E-state index in [-0.39, 0.29) is 89.4 Å². The van der Waals surface area contributed by atoms with Gasteiger partial charge in [0.1, 0.15) is 5.75 Å². The number of nitrogens with one attached hydrogen (secondary N) is 1. The third-order valence-corrected chi connectivity index (χ3v) is 26.3. The van der Waals surface area contributed by atoms with Gasteiger partial charge in [0.05, 0.1) is 42.3 Å².